The van der Waals surface area contributed by atoms with Crippen LogP contribution in [0.25, 0.3) is 29.4 Å². The van der Waals surface area contributed by atoms with Crippen LogP contribution in [-0.2, 0) is 11.2 Å². The molecule has 0 radical (unpaired) electrons. The summed E-state index contributed by atoms with van der Waals surface area (Å²) in [5.74, 6) is 0.827. The summed E-state index contributed by atoms with van der Waals surface area (Å²) >= 11 is 1.84. The Hall–Kier alpha value is -2.91. The molecule has 0 fully saturated rings. The maximum atomic E-state index is 10.9. The van der Waals surface area contributed by atoms with Crippen LogP contribution in [0.2, 0.25) is 0 Å². The Balaban J connectivity index is 1.60. The molecule has 2 heterocycles. The van der Waals surface area contributed by atoms with E-state index >= 15 is 0 Å². The van der Waals surface area contributed by atoms with Gasteiger partial charge in [0, 0.05) is 20.9 Å². The quantitative estimate of drug-likeness (QED) is 0.504. The zero-order chi connectivity index (χ0) is 18.6. The monoisotopic (exact) mass is 372 g/mol. The molecule has 1 aromatic heterocycles. The molecule has 0 saturated heterocycles. The maximum absolute atomic E-state index is 10.9. The fourth-order valence-electron chi connectivity index (χ4n) is 3.20. The minimum atomic E-state index is 0.342. The molecule has 1 aliphatic heterocycles. The average Bonchev–Trinajstić information content (AvgIpc) is 3.15. The molecular formula is C24H20O2S. The van der Waals surface area contributed by atoms with Gasteiger partial charge in [-0.15, -0.1) is 11.3 Å². The van der Waals surface area contributed by atoms with Crippen molar-refractivity contribution in [3.63, 3.8) is 0 Å². The van der Waals surface area contributed by atoms with E-state index in [-0.39, 0.29) is 0 Å². The third-order valence-electron chi connectivity index (χ3n) is 4.60. The summed E-state index contributed by atoms with van der Waals surface area (Å²) in [5, 5.41) is 0. The number of benzene rings is 2. The number of hydrogen-bond donors (Lipinski definition) is 0. The number of hydrogen-bond acceptors (Lipinski definition) is 3. The molecule has 0 bridgehead atoms. The molecule has 3 heteroatoms. The summed E-state index contributed by atoms with van der Waals surface area (Å²) in [6.07, 6.45) is 8.04. The first kappa shape index (κ1) is 17.5. The highest BCUT2D eigenvalue weighted by atomic mass is 32.1. The molecule has 0 saturated carbocycles. The lowest BCUT2D eigenvalue weighted by Crippen LogP contribution is -2.07. The van der Waals surface area contributed by atoms with E-state index in [1.54, 1.807) is 0 Å². The summed E-state index contributed by atoms with van der Waals surface area (Å²) < 4.78 is 5.69. The summed E-state index contributed by atoms with van der Waals surface area (Å²) in [7, 11) is 0. The van der Waals surface area contributed by atoms with Crippen molar-refractivity contribution in [2.24, 2.45) is 0 Å². The van der Waals surface area contributed by atoms with Crippen LogP contribution in [0.5, 0.6) is 5.75 Å². The van der Waals surface area contributed by atoms with Crippen LogP contribution in [0.4, 0.5) is 0 Å². The molecule has 0 spiro atoms. The van der Waals surface area contributed by atoms with Crippen LogP contribution < -0.4 is 4.74 Å². The lowest BCUT2D eigenvalue weighted by Gasteiger charge is -2.15. The average molecular weight is 372 g/mol. The summed E-state index contributed by atoms with van der Waals surface area (Å²) in [6.45, 7) is 2.54. The zero-order valence-electron chi connectivity index (χ0n) is 15.1. The molecule has 0 amide bonds. The topological polar surface area (TPSA) is 26.3 Å². The molecule has 0 atom stereocenters. The van der Waals surface area contributed by atoms with E-state index in [0.717, 1.165) is 29.6 Å². The van der Waals surface area contributed by atoms with E-state index in [0.29, 0.717) is 12.2 Å². The van der Waals surface area contributed by atoms with Crippen molar-refractivity contribution < 1.29 is 9.53 Å². The van der Waals surface area contributed by atoms with E-state index in [1.807, 2.05) is 35.6 Å². The first-order valence-electron chi connectivity index (χ1n) is 9.05. The predicted octanol–water partition coefficient (Wildman–Crippen LogP) is 6.12. The molecule has 0 aliphatic carbocycles. The molecule has 1 aliphatic rings. The van der Waals surface area contributed by atoms with Crippen LogP contribution in [0, 0.1) is 0 Å². The van der Waals surface area contributed by atoms with Gasteiger partial charge in [0.05, 0.1) is 0 Å². The van der Waals surface area contributed by atoms with Gasteiger partial charge in [-0.3, -0.25) is 4.79 Å². The van der Waals surface area contributed by atoms with Gasteiger partial charge in [-0.1, -0.05) is 55.5 Å². The van der Waals surface area contributed by atoms with Gasteiger partial charge in [0.15, 0.2) is 0 Å². The summed E-state index contributed by atoms with van der Waals surface area (Å²) in [5.41, 5.74) is 5.30. The fourth-order valence-corrected chi connectivity index (χ4v) is 4.23. The molecule has 2 aromatic carbocycles. The Morgan fingerprint density at radius 1 is 1.07 bits per heavy atom. The van der Waals surface area contributed by atoms with Crippen molar-refractivity contribution in [3.05, 3.63) is 81.1 Å². The van der Waals surface area contributed by atoms with Gasteiger partial charge in [-0.25, -0.2) is 0 Å². The van der Waals surface area contributed by atoms with Crippen molar-refractivity contribution in [2.75, 3.05) is 6.61 Å². The van der Waals surface area contributed by atoms with Crippen molar-refractivity contribution in [3.8, 4) is 16.9 Å². The van der Waals surface area contributed by atoms with Gasteiger partial charge in [0.25, 0.3) is 0 Å². The number of fused-ring (bicyclic) bond motifs is 1. The third kappa shape index (κ3) is 3.79. The number of ether oxygens (including phenoxy) is 1. The van der Waals surface area contributed by atoms with Crippen LogP contribution in [-0.4, -0.2) is 12.9 Å². The van der Waals surface area contributed by atoms with E-state index in [1.165, 1.54) is 20.9 Å². The molecule has 134 valence electrons. The number of aldehydes is 1. The number of carbonyl (C=O) groups excluding carboxylic acids is 1. The Morgan fingerprint density at radius 2 is 1.93 bits per heavy atom. The first-order valence-corrected chi connectivity index (χ1v) is 9.87. The molecular weight excluding hydrogens is 352 g/mol. The lowest BCUT2D eigenvalue weighted by molar-refractivity contribution is -0.105. The van der Waals surface area contributed by atoms with E-state index < -0.39 is 0 Å². The van der Waals surface area contributed by atoms with Crippen molar-refractivity contribution in [1.82, 2.24) is 0 Å². The SMILES string of the molecule is CCc1sc(C=Cc2ccc3c(c2)OCC(C=O)=C3)cc1-c1ccccc1. The predicted molar refractivity (Wildman–Crippen MR) is 114 cm³/mol. The Bertz CT molecular complexity index is 1030. The van der Waals surface area contributed by atoms with Gasteiger partial charge >= 0.3 is 0 Å². The second-order valence-electron chi connectivity index (χ2n) is 6.46. The van der Waals surface area contributed by atoms with E-state index in [2.05, 4.69) is 55.5 Å². The Morgan fingerprint density at radius 3 is 2.70 bits per heavy atom. The van der Waals surface area contributed by atoms with Crippen LogP contribution >= 0.6 is 11.3 Å². The van der Waals surface area contributed by atoms with Crippen LogP contribution in [0.15, 0.2) is 60.2 Å². The molecule has 0 unspecified atom stereocenters. The van der Waals surface area contributed by atoms with E-state index in [9.17, 15) is 4.79 Å². The van der Waals surface area contributed by atoms with Crippen LogP contribution in [0.3, 0.4) is 0 Å². The van der Waals surface area contributed by atoms with Crippen molar-refractivity contribution >= 4 is 35.9 Å². The Labute approximate surface area is 163 Å². The minimum Gasteiger partial charge on any atom is -0.488 e. The minimum absolute atomic E-state index is 0.342. The molecule has 2 nitrogen and oxygen atoms in total. The van der Waals surface area contributed by atoms with Gasteiger partial charge in [0.1, 0.15) is 18.6 Å². The second-order valence-corrected chi connectivity index (χ2v) is 7.63. The van der Waals surface area contributed by atoms with Crippen LogP contribution in [0.1, 0.15) is 27.8 Å². The number of carbonyl (C=O) groups is 1. The fraction of sp³-hybridized carbons (Fsp3) is 0.125. The molecule has 27 heavy (non-hydrogen) atoms. The van der Waals surface area contributed by atoms with Gasteiger partial charge in [-0.05, 0) is 47.4 Å². The highest BCUT2D eigenvalue weighted by molar-refractivity contribution is 7.13. The lowest BCUT2D eigenvalue weighted by atomic mass is 10.0. The number of aryl methyl sites for hydroxylation is 1. The highest BCUT2D eigenvalue weighted by Gasteiger charge is 2.11. The Kier molecular flexibility index (Phi) is 5.03. The summed E-state index contributed by atoms with van der Waals surface area (Å²) in [4.78, 5) is 13.5. The molecule has 4 rings (SSSR count). The number of rotatable bonds is 5. The largest absolute Gasteiger partial charge is 0.488 e. The van der Waals surface area contributed by atoms with Gasteiger partial charge < -0.3 is 4.74 Å². The molecule has 3 aromatic rings. The highest BCUT2D eigenvalue weighted by Crippen LogP contribution is 2.33. The standard InChI is InChI=1S/C24H20O2S/c1-2-24-22(19-6-4-3-5-7-19)14-21(27-24)11-9-17-8-10-20-12-18(15-25)16-26-23(20)13-17/h3-15H,2,16H2,1H3. The number of thiophene rings is 1. The molecule has 0 N–H and O–H groups in total. The van der Waals surface area contributed by atoms with Gasteiger partial charge in [0.2, 0.25) is 0 Å². The van der Waals surface area contributed by atoms with Gasteiger partial charge in [-0.2, -0.15) is 0 Å². The first-order chi connectivity index (χ1) is 13.3. The normalized spacial score (nSPS) is 13.1. The smallest absolute Gasteiger partial charge is 0.149 e. The zero-order valence-corrected chi connectivity index (χ0v) is 16.0. The third-order valence-corrected chi connectivity index (χ3v) is 5.84. The maximum Gasteiger partial charge on any atom is 0.149 e. The van der Waals surface area contributed by atoms with Crippen molar-refractivity contribution in [2.45, 2.75) is 13.3 Å². The second kappa shape index (κ2) is 7.77. The van der Waals surface area contributed by atoms with E-state index in [4.69, 9.17) is 4.74 Å². The van der Waals surface area contributed by atoms with Crippen molar-refractivity contribution in [1.29, 1.82) is 0 Å². The summed E-state index contributed by atoms with van der Waals surface area (Å²) in [6, 6.07) is 18.9.